The Balaban J connectivity index is 1.56. The highest BCUT2D eigenvalue weighted by atomic mass is 35.5. The third-order valence-electron chi connectivity index (χ3n) is 9.06. The molecule has 0 aromatic heterocycles. The molecule has 5 rings (SSSR count). The summed E-state index contributed by atoms with van der Waals surface area (Å²) in [5.41, 5.74) is -0.0693. The fourth-order valence-corrected chi connectivity index (χ4v) is 9.07. The highest BCUT2D eigenvalue weighted by Crippen LogP contribution is 2.77. The number of benzene rings is 1. The van der Waals surface area contributed by atoms with E-state index in [0.29, 0.717) is 29.1 Å². The van der Waals surface area contributed by atoms with Gasteiger partial charge in [-0.3, -0.25) is 4.79 Å². The molecular formula is C24H31ClO3S. The van der Waals surface area contributed by atoms with Gasteiger partial charge in [-0.1, -0.05) is 18.5 Å². The first kappa shape index (κ1) is 20.4. The Morgan fingerprint density at radius 3 is 2.55 bits per heavy atom. The third kappa shape index (κ3) is 2.75. The van der Waals surface area contributed by atoms with E-state index in [1.807, 2.05) is 31.4 Å². The fourth-order valence-electron chi connectivity index (χ4n) is 7.63. The van der Waals surface area contributed by atoms with Crippen molar-refractivity contribution in [3.05, 3.63) is 29.3 Å². The van der Waals surface area contributed by atoms with Gasteiger partial charge in [0.2, 0.25) is 0 Å². The molecule has 5 heteroatoms. The summed E-state index contributed by atoms with van der Waals surface area (Å²) in [6, 6.07) is 7.72. The summed E-state index contributed by atoms with van der Waals surface area (Å²) in [7, 11) is 1.81. The molecule has 0 amide bonds. The summed E-state index contributed by atoms with van der Waals surface area (Å²) in [4.78, 5) is 15.0. The molecule has 29 heavy (non-hydrogen) atoms. The monoisotopic (exact) mass is 434 g/mol. The molecule has 0 saturated heterocycles. The molecule has 0 radical (unpaired) electrons. The molecule has 158 valence electrons. The lowest BCUT2D eigenvalue weighted by Crippen LogP contribution is -2.57. The molecule has 0 aliphatic heterocycles. The molecule has 2 bridgehead atoms. The van der Waals surface area contributed by atoms with E-state index in [1.54, 1.807) is 11.8 Å². The van der Waals surface area contributed by atoms with Crippen LogP contribution in [0.1, 0.15) is 52.4 Å². The molecule has 1 aromatic rings. The molecule has 0 heterocycles. The van der Waals surface area contributed by atoms with Crippen LogP contribution in [0.2, 0.25) is 5.02 Å². The topological polar surface area (TPSA) is 46.5 Å². The van der Waals surface area contributed by atoms with Crippen LogP contribution >= 0.6 is 23.4 Å². The summed E-state index contributed by atoms with van der Waals surface area (Å²) in [6.45, 7) is 4.22. The summed E-state index contributed by atoms with van der Waals surface area (Å²) < 4.78 is 5.32. The third-order valence-corrected chi connectivity index (χ3v) is 10.6. The van der Waals surface area contributed by atoms with E-state index in [1.165, 1.54) is 0 Å². The number of aliphatic hydroxyl groups is 1. The highest BCUT2D eigenvalue weighted by molar-refractivity contribution is 8.01. The molecule has 1 N–H and O–H groups in total. The number of rotatable bonds is 3. The molecule has 1 spiro atoms. The minimum absolute atomic E-state index is 0.0108. The molecule has 8 atom stereocenters. The number of carbonyl (C=O) groups excluding carboxylic acids is 1. The van der Waals surface area contributed by atoms with Crippen LogP contribution in [0.4, 0.5) is 0 Å². The van der Waals surface area contributed by atoms with Gasteiger partial charge < -0.3 is 9.84 Å². The number of halogens is 1. The lowest BCUT2D eigenvalue weighted by atomic mass is 9.52. The number of aliphatic hydroxyl groups excluding tert-OH is 1. The van der Waals surface area contributed by atoms with E-state index in [9.17, 15) is 9.90 Å². The summed E-state index contributed by atoms with van der Waals surface area (Å²) in [5, 5.41) is 12.3. The Morgan fingerprint density at radius 2 is 1.86 bits per heavy atom. The SMILES string of the molecule is CO[C@@H]1CCC23CC[C@H]4C[C@@]4(C12)[C@H](O)C[C@@](C)(Sc1ccc(Cl)cc1)C(=O)[C@@H]3C. The van der Waals surface area contributed by atoms with Crippen LogP contribution in [-0.2, 0) is 9.53 Å². The van der Waals surface area contributed by atoms with Crippen molar-refractivity contribution in [3.8, 4) is 0 Å². The predicted octanol–water partition coefficient (Wildman–Crippen LogP) is 5.37. The quantitative estimate of drug-likeness (QED) is 0.694. The van der Waals surface area contributed by atoms with Gasteiger partial charge in [-0.2, -0.15) is 0 Å². The Bertz CT molecular complexity index is 828. The van der Waals surface area contributed by atoms with Gasteiger partial charge in [-0.05, 0) is 87.0 Å². The first-order valence-corrected chi connectivity index (χ1v) is 12.2. The summed E-state index contributed by atoms with van der Waals surface area (Å²) in [6.07, 6.45) is 5.67. The van der Waals surface area contributed by atoms with Crippen molar-refractivity contribution in [2.24, 2.45) is 28.6 Å². The Labute approximate surface area is 182 Å². The van der Waals surface area contributed by atoms with Crippen molar-refractivity contribution in [2.45, 2.75) is 74.2 Å². The van der Waals surface area contributed by atoms with Crippen molar-refractivity contribution < 1.29 is 14.6 Å². The van der Waals surface area contributed by atoms with Gasteiger partial charge in [-0.15, -0.1) is 11.8 Å². The van der Waals surface area contributed by atoms with Gasteiger partial charge in [0.05, 0.1) is 17.0 Å². The van der Waals surface area contributed by atoms with E-state index >= 15 is 0 Å². The average molecular weight is 435 g/mol. The second kappa shape index (κ2) is 6.72. The number of hydrogen-bond acceptors (Lipinski definition) is 4. The Kier molecular flexibility index (Phi) is 4.72. The van der Waals surface area contributed by atoms with Crippen molar-refractivity contribution in [1.29, 1.82) is 0 Å². The number of hydrogen-bond donors (Lipinski definition) is 1. The van der Waals surface area contributed by atoms with Gasteiger partial charge in [0.25, 0.3) is 0 Å². The molecule has 4 fully saturated rings. The zero-order valence-corrected chi connectivity index (χ0v) is 19.1. The minimum atomic E-state index is -0.632. The normalized spacial score (nSPS) is 48.4. The molecule has 4 aliphatic rings. The molecule has 4 saturated carbocycles. The maximum atomic E-state index is 14.0. The largest absolute Gasteiger partial charge is 0.392 e. The lowest BCUT2D eigenvalue weighted by Gasteiger charge is -2.54. The van der Waals surface area contributed by atoms with Crippen LogP contribution in [0, 0.1) is 28.6 Å². The van der Waals surface area contributed by atoms with Crippen LogP contribution in [0.3, 0.4) is 0 Å². The maximum absolute atomic E-state index is 14.0. The van der Waals surface area contributed by atoms with Crippen molar-refractivity contribution >= 4 is 29.1 Å². The first-order valence-electron chi connectivity index (χ1n) is 11.0. The molecular weight excluding hydrogens is 404 g/mol. The number of carbonyl (C=O) groups is 1. The smallest absolute Gasteiger partial charge is 0.152 e. The van der Waals surface area contributed by atoms with Crippen molar-refractivity contribution in [1.82, 2.24) is 0 Å². The zero-order chi connectivity index (χ0) is 20.6. The number of ketones is 1. The van der Waals surface area contributed by atoms with Gasteiger partial charge in [-0.25, -0.2) is 0 Å². The van der Waals surface area contributed by atoms with Crippen LogP contribution in [0.25, 0.3) is 0 Å². The van der Waals surface area contributed by atoms with Gasteiger partial charge in [0.15, 0.2) is 5.78 Å². The van der Waals surface area contributed by atoms with E-state index < -0.39 is 10.9 Å². The second-order valence-electron chi connectivity index (χ2n) is 10.2. The number of Topliss-reactive ketones (excluding diaryl/α,β-unsaturated/α-hetero) is 1. The van der Waals surface area contributed by atoms with Gasteiger partial charge in [0, 0.05) is 28.4 Å². The van der Waals surface area contributed by atoms with Gasteiger partial charge in [0.1, 0.15) is 0 Å². The average Bonchev–Trinajstić information content (AvgIpc) is 3.34. The fraction of sp³-hybridized carbons (Fsp3) is 0.708. The van der Waals surface area contributed by atoms with Crippen molar-refractivity contribution in [2.75, 3.05) is 7.11 Å². The molecule has 4 aliphatic carbocycles. The number of methoxy groups -OCH3 is 1. The molecule has 2 unspecified atom stereocenters. The highest BCUT2D eigenvalue weighted by Gasteiger charge is 2.76. The van der Waals surface area contributed by atoms with Gasteiger partial charge >= 0.3 is 0 Å². The Morgan fingerprint density at radius 1 is 1.17 bits per heavy atom. The second-order valence-corrected chi connectivity index (χ2v) is 12.2. The lowest BCUT2D eigenvalue weighted by molar-refractivity contribution is -0.148. The summed E-state index contributed by atoms with van der Waals surface area (Å²) >= 11 is 7.67. The van der Waals surface area contributed by atoms with E-state index in [-0.39, 0.29) is 22.9 Å². The zero-order valence-electron chi connectivity index (χ0n) is 17.5. The molecule has 1 aromatic carbocycles. The van der Waals surface area contributed by atoms with Crippen molar-refractivity contribution in [3.63, 3.8) is 0 Å². The minimum Gasteiger partial charge on any atom is -0.392 e. The summed E-state index contributed by atoms with van der Waals surface area (Å²) in [5.74, 6) is 1.20. The number of thioether (sulfide) groups is 1. The van der Waals surface area contributed by atoms with Crippen LogP contribution < -0.4 is 0 Å². The van der Waals surface area contributed by atoms with Crippen LogP contribution in [0.15, 0.2) is 29.2 Å². The Hall–Kier alpha value is -0.550. The van der Waals surface area contributed by atoms with E-state index in [4.69, 9.17) is 16.3 Å². The van der Waals surface area contributed by atoms with Crippen LogP contribution in [-0.4, -0.2) is 35.0 Å². The van der Waals surface area contributed by atoms with E-state index in [2.05, 4.69) is 13.8 Å². The maximum Gasteiger partial charge on any atom is 0.152 e. The molecule has 3 nitrogen and oxygen atoms in total. The first-order chi connectivity index (χ1) is 13.8. The standard InChI is InChI=1S/C24H31ClO3S/c1-14-21(27)22(2,29-17-6-4-16(25)5-7-17)13-19(26)24-12-15(24)8-10-23(14)11-9-18(28-3)20(23)24/h4-7,14-15,18-20,26H,8-13H2,1-3H3/t14-,15-,18+,19+,20?,22+,23?,24-/m0/s1. The number of ether oxygens (including phenoxy) is 1. The predicted molar refractivity (Wildman–Crippen MR) is 116 cm³/mol. The van der Waals surface area contributed by atoms with Crippen LogP contribution in [0.5, 0.6) is 0 Å². The van der Waals surface area contributed by atoms with E-state index in [0.717, 1.165) is 37.0 Å².